The van der Waals surface area contributed by atoms with Crippen LogP contribution in [0.25, 0.3) is 0 Å². The Labute approximate surface area is 207 Å². The van der Waals surface area contributed by atoms with Gasteiger partial charge in [0.15, 0.2) is 0 Å². The van der Waals surface area contributed by atoms with Crippen LogP contribution in [0.4, 0.5) is 0 Å². The molecule has 35 heavy (non-hydrogen) atoms. The molecule has 0 bridgehead atoms. The molecule has 0 spiro atoms. The summed E-state index contributed by atoms with van der Waals surface area (Å²) in [6, 6.07) is 28.5. The zero-order chi connectivity index (χ0) is 24.9. The first-order valence-corrected chi connectivity index (χ1v) is 11.8. The molecule has 3 aromatic rings. The molecule has 0 aliphatic carbocycles. The fraction of sp³-hybridized carbons (Fsp3) is 0.267. The molecule has 3 aromatic carbocycles. The standard InChI is InChI=1S/C30H32O5/c1-23(33-22-25-15-6-3-7-16-25)14-12-13-21-28(26-17-8-4-9-18-26)35-30(32)29(34-24(2)31)27-19-10-5-11-20-27/h3-13,15-20,23,28-29H,14,21-22H2,1-2H3/b13-12-/t23-,28-,29-/m1/s1. The molecule has 5 heteroatoms. The van der Waals surface area contributed by atoms with Crippen molar-refractivity contribution in [1.29, 1.82) is 0 Å². The van der Waals surface area contributed by atoms with E-state index in [-0.39, 0.29) is 6.10 Å². The van der Waals surface area contributed by atoms with Gasteiger partial charge in [-0.2, -0.15) is 0 Å². The van der Waals surface area contributed by atoms with E-state index < -0.39 is 24.1 Å². The van der Waals surface area contributed by atoms with Gasteiger partial charge in [-0.15, -0.1) is 0 Å². The van der Waals surface area contributed by atoms with Crippen LogP contribution in [-0.4, -0.2) is 18.0 Å². The highest BCUT2D eigenvalue weighted by Crippen LogP contribution is 2.27. The van der Waals surface area contributed by atoms with Gasteiger partial charge >= 0.3 is 11.9 Å². The average Bonchev–Trinajstić information content (AvgIpc) is 2.89. The van der Waals surface area contributed by atoms with Crippen LogP contribution >= 0.6 is 0 Å². The molecular formula is C30H32O5. The number of esters is 2. The number of hydrogen-bond acceptors (Lipinski definition) is 5. The van der Waals surface area contributed by atoms with Crippen LogP contribution in [0.15, 0.2) is 103 Å². The minimum absolute atomic E-state index is 0.0515. The van der Waals surface area contributed by atoms with Crippen molar-refractivity contribution in [3.05, 3.63) is 120 Å². The third-order valence-electron chi connectivity index (χ3n) is 5.39. The number of hydrogen-bond donors (Lipinski definition) is 0. The van der Waals surface area contributed by atoms with Crippen LogP contribution in [-0.2, 0) is 30.4 Å². The first-order valence-electron chi connectivity index (χ1n) is 11.8. The first-order chi connectivity index (χ1) is 17.0. The zero-order valence-electron chi connectivity index (χ0n) is 20.2. The summed E-state index contributed by atoms with van der Waals surface area (Å²) in [5.74, 6) is -1.15. The largest absolute Gasteiger partial charge is 0.454 e. The van der Waals surface area contributed by atoms with Gasteiger partial charge in [-0.25, -0.2) is 4.79 Å². The third-order valence-corrected chi connectivity index (χ3v) is 5.39. The molecule has 3 atom stereocenters. The molecule has 5 nitrogen and oxygen atoms in total. The van der Waals surface area contributed by atoms with Gasteiger partial charge in [0.2, 0.25) is 6.10 Å². The lowest BCUT2D eigenvalue weighted by Crippen LogP contribution is -2.23. The summed E-state index contributed by atoms with van der Waals surface area (Å²) in [5.41, 5.74) is 2.58. The number of carbonyl (C=O) groups is 2. The van der Waals surface area contributed by atoms with E-state index in [9.17, 15) is 9.59 Å². The second-order valence-electron chi connectivity index (χ2n) is 8.29. The summed E-state index contributed by atoms with van der Waals surface area (Å²) in [5, 5.41) is 0. The molecule has 0 N–H and O–H groups in total. The Morgan fingerprint density at radius 2 is 1.29 bits per heavy atom. The van der Waals surface area contributed by atoms with E-state index >= 15 is 0 Å². The fourth-order valence-corrected chi connectivity index (χ4v) is 3.56. The van der Waals surface area contributed by atoms with Gasteiger partial charge < -0.3 is 14.2 Å². The molecular weight excluding hydrogens is 440 g/mol. The van der Waals surface area contributed by atoms with E-state index in [1.165, 1.54) is 6.92 Å². The SMILES string of the molecule is CC(=O)O[C@@H](C(=O)O[C@H](C/C=C\C[C@@H](C)OCc1ccccc1)c1ccccc1)c1ccccc1. The van der Waals surface area contributed by atoms with Crippen molar-refractivity contribution in [2.75, 3.05) is 0 Å². The summed E-state index contributed by atoms with van der Waals surface area (Å²) in [7, 11) is 0. The maximum Gasteiger partial charge on any atom is 0.352 e. The van der Waals surface area contributed by atoms with Crippen LogP contribution in [0.1, 0.15) is 55.6 Å². The smallest absolute Gasteiger partial charge is 0.352 e. The second kappa shape index (κ2) is 13.9. The minimum atomic E-state index is -1.12. The van der Waals surface area contributed by atoms with Crippen molar-refractivity contribution in [3.63, 3.8) is 0 Å². The monoisotopic (exact) mass is 472 g/mol. The Balaban J connectivity index is 1.62. The topological polar surface area (TPSA) is 61.8 Å². The summed E-state index contributed by atoms with van der Waals surface area (Å²) in [6.45, 7) is 3.88. The average molecular weight is 473 g/mol. The van der Waals surface area contributed by atoms with Gasteiger partial charge in [-0.05, 0) is 24.5 Å². The molecule has 0 aromatic heterocycles. The van der Waals surface area contributed by atoms with E-state index in [4.69, 9.17) is 14.2 Å². The quantitative estimate of drug-likeness (QED) is 0.222. The number of carbonyl (C=O) groups excluding carboxylic acids is 2. The van der Waals surface area contributed by atoms with Crippen molar-refractivity contribution in [2.45, 2.75) is 51.6 Å². The molecule has 0 unspecified atom stereocenters. The maximum absolute atomic E-state index is 13.1. The van der Waals surface area contributed by atoms with Gasteiger partial charge in [-0.3, -0.25) is 4.79 Å². The maximum atomic E-state index is 13.1. The summed E-state index contributed by atoms with van der Waals surface area (Å²) in [4.78, 5) is 24.7. The molecule has 0 aliphatic heterocycles. The van der Waals surface area contributed by atoms with Gasteiger partial charge in [0.25, 0.3) is 0 Å². The minimum Gasteiger partial charge on any atom is -0.454 e. The lowest BCUT2D eigenvalue weighted by atomic mass is 10.1. The molecule has 0 heterocycles. The predicted octanol–water partition coefficient (Wildman–Crippen LogP) is 6.52. The van der Waals surface area contributed by atoms with Gasteiger partial charge in [0.1, 0.15) is 6.10 Å². The Morgan fingerprint density at radius 3 is 1.89 bits per heavy atom. The second-order valence-corrected chi connectivity index (χ2v) is 8.29. The molecule has 0 fully saturated rings. The summed E-state index contributed by atoms with van der Waals surface area (Å²) >= 11 is 0. The van der Waals surface area contributed by atoms with Gasteiger partial charge in [-0.1, -0.05) is 103 Å². The molecule has 3 rings (SSSR count). The Morgan fingerprint density at radius 1 is 0.743 bits per heavy atom. The van der Waals surface area contributed by atoms with Crippen LogP contribution in [0, 0.1) is 0 Å². The van der Waals surface area contributed by atoms with E-state index in [0.29, 0.717) is 18.6 Å². The number of benzene rings is 3. The molecule has 0 amide bonds. The summed E-state index contributed by atoms with van der Waals surface area (Å²) in [6.07, 6.45) is 3.69. The first kappa shape index (κ1) is 25.9. The normalized spacial score (nSPS) is 13.7. The zero-order valence-corrected chi connectivity index (χ0v) is 20.2. The van der Waals surface area contributed by atoms with Crippen LogP contribution in [0.3, 0.4) is 0 Å². The highest BCUT2D eigenvalue weighted by molar-refractivity contribution is 5.80. The molecule has 0 saturated heterocycles. The highest BCUT2D eigenvalue weighted by atomic mass is 16.6. The lowest BCUT2D eigenvalue weighted by Gasteiger charge is -2.22. The van der Waals surface area contributed by atoms with E-state index in [1.54, 1.807) is 24.3 Å². The molecule has 182 valence electrons. The van der Waals surface area contributed by atoms with Crippen LogP contribution < -0.4 is 0 Å². The third kappa shape index (κ3) is 8.87. The number of ether oxygens (including phenoxy) is 3. The van der Waals surface area contributed by atoms with Crippen molar-refractivity contribution in [1.82, 2.24) is 0 Å². The van der Waals surface area contributed by atoms with Crippen molar-refractivity contribution < 1.29 is 23.8 Å². The Bertz CT molecular complexity index is 1060. The van der Waals surface area contributed by atoms with E-state index in [2.05, 4.69) is 0 Å². The lowest BCUT2D eigenvalue weighted by molar-refractivity contribution is -0.171. The fourth-order valence-electron chi connectivity index (χ4n) is 3.56. The summed E-state index contributed by atoms with van der Waals surface area (Å²) < 4.78 is 17.1. The van der Waals surface area contributed by atoms with Gasteiger partial charge in [0, 0.05) is 18.9 Å². The van der Waals surface area contributed by atoms with Gasteiger partial charge in [0.05, 0.1) is 12.7 Å². The van der Waals surface area contributed by atoms with Crippen molar-refractivity contribution in [3.8, 4) is 0 Å². The predicted molar refractivity (Wildman–Crippen MR) is 135 cm³/mol. The van der Waals surface area contributed by atoms with E-state index in [1.807, 2.05) is 85.8 Å². The molecule has 0 aliphatic rings. The van der Waals surface area contributed by atoms with Crippen molar-refractivity contribution >= 4 is 11.9 Å². The van der Waals surface area contributed by atoms with Crippen LogP contribution in [0.2, 0.25) is 0 Å². The van der Waals surface area contributed by atoms with Crippen LogP contribution in [0.5, 0.6) is 0 Å². The number of rotatable bonds is 12. The van der Waals surface area contributed by atoms with E-state index in [0.717, 1.165) is 17.5 Å². The Hall–Kier alpha value is -3.70. The Kier molecular flexibility index (Phi) is 10.3. The molecule has 0 radical (unpaired) electrons. The van der Waals surface area contributed by atoms with Crippen molar-refractivity contribution in [2.24, 2.45) is 0 Å². The highest BCUT2D eigenvalue weighted by Gasteiger charge is 2.28. The molecule has 0 saturated carbocycles.